The summed E-state index contributed by atoms with van der Waals surface area (Å²) in [5, 5.41) is 6.17. The van der Waals surface area contributed by atoms with Gasteiger partial charge in [0.2, 0.25) is 0 Å². The Morgan fingerprint density at radius 3 is 2.80 bits per heavy atom. The predicted octanol–water partition coefficient (Wildman–Crippen LogP) is 6.13. The first-order valence-corrected chi connectivity index (χ1v) is 8.58. The van der Waals surface area contributed by atoms with Crippen LogP contribution in [0.1, 0.15) is 31.2 Å². The Morgan fingerprint density at radius 1 is 1.40 bits per heavy atom. The smallest absolute Gasteiger partial charge is 0.138 e. The molecule has 0 bridgehead atoms. The first-order valence-electron chi connectivity index (χ1n) is 6.53. The second-order valence-corrected chi connectivity index (χ2v) is 6.79. The number of halogens is 2. The second kappa shape index (κ2) is 7.34. The number of hydrogen-bond donors (Lipinski definition) is 1. The second-order valence-electron chi connectivity index (χ2n) is 4.53. The van der Waals surface area contributed by atoms with Gasteiger partial charge in [-0.3, -0.25) is 0 Å². The van der Waals surface area contributed by atoms with Crippen LogP contribution in [0.2, 0.25) is 5.02 Å². The molecular weight excluding hydrogens is 358 g/mol. The lowest BCUT2D eigenvalue weighted by atomic mass is 10.2. The molecule has 0 aliphatic rings. The van der Waals surface area contributed by atoms with Gasteiger partial charge >= 0.3 is 0 Å². The molecule has 108 valence electrons. The highest BCUT2D eigenvalue weighted by Crippen LogP contribution is 2.31. The first kappa shape index (κ1) is 15.7. The Hall–Kier alpha value is -0.710. The molecule has 2 rings (SSSR count). The molecule has 0 radical (unpaired) electrons. The zero-order chi connectivity index (χ0) is 14.5. The number of benzene rings is 1. The highest BCUT2D eigenvalue weighted by molar-refractivity contribution is 9.10. The van der Waals surface area contributed by atoms with Crippen LogP contribution in [0.15, 0.2) is 34.1 Å². The quantitative estimate of drug-likeness (QED) is 0.657. The van der Waals surface area contributed by atoms with Gasteiger partial charge in [-0.2, -0.15) is 0 Å². The van der Waals surface area contributed by atoms with E-state index in [1.165, 1.54) is 4.88 Å². The fraction of sp³-hybridized carbons (Fsp3) is 0.333. The summed E-state index contributed by atoms with van der Waals surface area (Å²) >= 11 is 11.4. The van der Waals surface area contributed by atoms with Crippen molar-refractivity contribution >= 4 is 44.6 Å². The molecule has 1 N–H and O–H groups in total. The van der Waals surface area contributed by atoms with Crippen molar-refractivity contribution in [2.75, 3.05) is 11.9 Å². The minimum atomic E-state index is 0.241. The van der Waals surface area contributed by atoms with Crippen molar-refractivity contribution in [1.82, 2.24) is 0 Å². The van der Waals surface area contributed by atoms with E-state index in [1.54, 1.807) is 11.3 Å². The summed E-state index contributed by atoms with van der Waals surface area (Å²) in [6.45, 7) is 4.89. The summed E-state index contributed by atoms with van der Waals surface area (Å²) in [6, 6.07) is 8.19. The monoisotopic (exact) mass is 373 g/mol. The molecule has 0 aliphatic carbocycles. The standard InChI is InChI=1S/C15H17BrClNOS/c1-3-6-19-14-5-4-12(8-13(14)17)18-10(2)15-7-11(16)9-20-15/h4-5,7-10,18H,3,6H2,1-2H3. The third-order valence-electron chi connectivity index (χ3n) is 2.79. The number of rotatable bonds is 6. The fourth-order valence-corrected chi connectivity index (χ4v) is 3.48. The summed E-state index contributed by atoms with van der Waals surface area (Å²) < 4.78 is 6.69. The van der Waals surface area contributed by atoms with Gasteiger partial charge in [0.25, 0.3) is 0 Å². The summed E-state index contributed by atoms with van der Waals surface area (Å²) in [7, 11) is 0. The van der Waals surface area contributed by atoms with E-state index < -0.39 is 0 Å². The molecule has 0 fully saturated rings. The molecule has 2 aromatic rings. The maximum Gasteiger partial charge on any atom is 0.138 e. The van der Waals surface area contributed by atoms with Gasteiger partial charge in [0, 0.05) is 20.4 Å². The summed E-state index contributed by atoms with van der Waals surface area (Å²) in [5.41, 5.74) is 0.996. The predicted molar refractivity (Wildman–Crippen MR) is 91.3 cm³/mol. The Bertz CT molecular complexity index is 573. The maximum atomic E-state index is 6.23. The maximum absolute atomic E-state index is 6.23. The molecule has 1 atom stereocenters. The van der Waals surface area contributed by atoms with E-state index in [1.807, 2.05) is 18.2 Å². The molecule has 0 spiro atoms. The molecule has 0 amide bonds. The minimum Gasteiger partial charge on any atom is -0.492 e. The Labute approximate surface area is 137 Å². The Balaban J connectivity index is 2.04. The third-order valence-corrected chi connectivity index (χ3v) is 4.96. The van der Waals surface area contributed by atoms with Crippen LogP contribution in [0, 0.1) is 0 Å². The van der Waals surface area contributed by atoms with Crippen molar-refractivity contribution in [3.05, 3.63) is 44.0 Å². The van der Waals surface area contributed by atoms with Crippen molar-refractivity contribution in [2.24, 2.45) is 0 Å². The van der Waals surface area contributed by atoms with Gasteiger partial charge in [-0.1, -0.05) is 18.5 Å². The number of thiophene rings is 1. The third kappa shape index (κ3) is 4.14. The normalized spacial score (nSPS) is 12.2. The SMILES string of the molecule is CCCOc1ccc(NC(C)c2cc(Br)cs2)cc1Cl. The van der Waals surface area contributed by atoms with Gasteiger partial charge in [0.1, 0.15) is 5.75 Å². The van der Waals surface area contributed by atoms with Crippen LogP contribution in [0.5, 0.6) is 5.75 Å². The Morgan fingerprint density at radius 2 is 2.20 bits per heavy atom. The van der Waals surface area contributed by atoms with Crippen LogP contribution in [0.3, 0.4) is 0 Å². The van der Waals surface area contributed by atoms with E-state index in [-0.39, 0.29) is 6.04 Å². The molecular formula is C15H17BrClNOS. The first-order chi connectivity index (χ1) is 9.60. The fourth-order valence-electron chi connectivity index (χ4n) is 1.80. The van der Waals surface area contributed by atoms with Crippen LogP contribution in [0.4, 0.5) is 5.69 Å². The summed E-state index contributed by atoms with van der Waals surface area (Å²) in [6.07, 6.45) is 0.973. The lowest BCUT2D eigenvalue weighted by Crippen LogP contribution is -2.05. The number of ether oxygens (including phenoxy) is 1. The zero-order valence-electron chi connectivity index (χ0n) is 11.5. The van der Waals surface area contributed by atoms with E-state index in [9.17, 15) is 0 Å². The van der Waals surface area contributed by atoms with Crippen molar-refractivity contribution < 1.29 is 4.74 Å². The molecule has 0 aliphatic heterocycles. The molecule has 0 saturated carbocycles. The van der Waals surface area contributed by atoms with Gasteiger partial charge < -0.3 is 10.1 Å². The van der Waals surface area contributed by atoms with Crippen LogP contribution in [0.25, 0.3) is 0 Å². The van der Waals surface area contributed by atoms with Gasteiger partial charge in [-0.25, -0.2) is 0 Å². The molecule has 20 heavy (non-hydrogen) atoms. The van der Waals surface area contributed by atoms with E-state index >= 15 is 0 Å². The van der Waals surface area contributed by atoms with E-state index in [0.717, 1.165) is 22.3 Å². The number of hydrogen-bond acceptors (Lipinski definition) is 3. The molecule has 1 heterocycles. The minimum absolute atomic E-state index is 0.241. The lowest BCUT2D eigenvalue weighted by Gasteiger charge is -2.15. The summed E-state index contributed by atoms with van der Waals surface area (Å²) in [4.78, 5) is 1.28. The average molecular weight is 375 g/mol. The van der Waals surface area contributed by atoms with Crippen LogP contribution >= 0.6 is 38.9 Å². The molecule has 5 heteroatoms. The molecule has 2 nitrogen and oxygen atoms in total. The number of anilines is 1. The average Bonchev–Trinajstić information content (AvgIpc) is 2.85. The topological polar surface area (TPSA) is 21.3 Å². The Kier molecular flexibility index (Phi) is 5.75. The van der Waals surface area contributed by atoms with Gasteiger partial charge in [-0.15, -0.1) is 11.3 Å². The van der Waals surface area contributed by atoms with Crippen molar-refractivity contribution in [1.29, 1.82) is 0 Å². The van der Waals surface area contributed by atoms with Gasteiger partial charge in [0.05, 0.1) is 17.7 Å². The van der Waals surface area contributed by atoms with Gasteiger partial charge in [-0.05, 0) is 53.5 Å². The molecule has 0 saturated heterocycles. The lowest BCUT2D eigenvalue weighted by molar-refractivity contribution is 0.317. The largest absolute Gasteiger partial charge is 0.492 e. The van der Waals surface area contributed by atoms with E-state index in [0.29, 0.717) is 11.6 Å². The number of nitrogens with one attached hydrogen (secondary N) is 1. The van der Waals surface area contributed by atoms with E-state index in [2.05, 4.69) is 46.5 Å². The zero-order valence-corrected chi connectivity index (χ0v) is 14.6. The van der Waals surface area contributed by atoms with Crippen molar-refractivity contribution in [3.8, 4) is 5.75 Å². The van der Waals surface area contributed by atoms with Crippen LogP contribution in [-0.2, 0) is 0 Å². The summed E-state index contributed by atoms with van der Waals surface area (Å²) in [5.74, 6) is 0.741. The van der Waals surface area contributed by atoms with Crippen LogP contribution < -0.4 is 10.1 Å². The van der Waals surface area contributed by atoms with E-state index in [4.69, 9.17) is 16.3 Å². The highest BCUT2D eigenvalue weighted by atomic mass is 79.9. The van der Waals surface area contributed by atoms with Gasteiger partial charge in [0.15, 0.2) is 0 Å². The van der Waals surface area contributed by atoms with Crippen LogP contribution in [-0.4, -0.2) is 6.61 Å². The van der Waals surface area contributed by atoms with Crippen molar-refractivity contribution in [3.63, 3.8) is 0 Å². The molecule has 1 aromatic heterocycles. The molecule has 1 unspecified atom stereocenters. The molecule has 1 aromatic carbocycles. The highest BCUT2D eigenvalue weighted by Gasteiger charge is 2.09. The van der Waals surface area contributed by atoms with Crippen molar-refractivity contribution in [2.45, 2.75) is 26.3 Å².